The van der Waals surface area contributed by atoms with Gasteiger partial charge in [0.25, 0.3) is 0 Å². The molecule has 0 saturated carbocycles. The summed E-state index contributed by atoms with van der Waals surface area (Å²) >= 11 is 0. The fraction of sp³-hybridized carbons (Fsp3) is 0.650. The van der Waals surface area contributed by atoms with Gasteiger partial charge in [0.1, 0.15) is 5.82 Å². The van der Waals surface area contributed by atoms with Crippen molar-refractivity contribution in [3.8, 4) is 0 Å². The van der Waals surface area contributed by atoms with E-state index in [2.05, 4.69) is 20.5 Å². The monoisotopic (exact) mass is 362 g/mol. The van der Waals surface area contributed by atoms with Gasteiger partial charge in [0, 0.05) is 37.4 Å². The Kier molecular flexibility index (Phi) is 6.86. The molecule has 2 heterocycles. The lowest BCUT2D eigenvalue weighted by atomic mass is 9.88. The van der Waals surface area contributed by atoms with Gasteiger partial charge in [-0.1, -0.05) is 18.2 Å². The molecule has 2 aliphatic rings. The fourth-order valence-corrected chi connectivity index (χ4v) is 3.93. The van der Waals surface area contributed by atoms with Gasteiger partial charge in [0.2, 0.25) is 0 Å². The Labute approximate surface area is 156 Å². The number of aliphatic imine (C=N–C) groups is 1. The van der Waals surface area contributed by atoms with E-state index in [9.17, 15) is 4.39 Å². The number of ether oxygens (including phenoxy) is 1. The number of nitrogens with zero attached hydrogens (tertiary/aromatic N) is 2. The van der Waals surface area contributed by atoms with E-state index in [1.54, 1.807) is 12.1 Å². The van der Waals surface area contributed by atoms with E-state index in [0.29, 0.717) is 12.1 Å². The highest BCUT2D eigenvalue weighted by atomic mass is 19.1. The number of benzene rings is 1. The van der Waals surface area contributed by atoms with Crippen LogP contribution >= 0.6 is 0 Å². The Bertz CT molecular complexity index is 595. The standard InChI is InChI=1S/C20H31FN4O/c1-2-22-19(23-15-17-7-3-4-8-18(17)21)24-16-20(9-13-26-14-10-20)25-11-5-6-12-25/h3-4,7-8H,2,5-6,9-16H2,1H3,(H2,22,23,24). The van der Waals surface area contributed by atoms with Gasteiger partial charge in [-0.05, 0) is 51.8 Å². The minimum Gasteiger partial charge on any atom is -0.381 e. The Balaban J connectivity index is 1.66. The molecule has 5 nitrogen and oxygen atoms in total. The second-order valence-electron chi connectivity index (χ2n) is 7.17. The number of hydrogen-bond donors (Lipinski definition) is 2. The van der Waals surface area contributed by atoms with Crippen molar-refractivity contribution >= 4 is 5.96 Å². The highest BCUT2D eigenvalue weighted by Crippen LogP contribution is 2.30. The number of nitrogens with one attached hydrogen (secondary N) is 2. The molecule has 144 valence electrons. The van der Waals surface area contributed by atoms with Gasteiger partial charge in [-0.25, -0.2) is 9.38 Å². The SMILES string of the molecule is CCNC(=NCc1ccccc1F)NCC1(N2CCCC2)CCOCC1. The summed E-state index contributed by atoms with van der Waals surface area (Å²) < 4.78 is 19.5. The average molecular weight is 362 g/mol. The molecule has 1 aromatic rings. The van der Waals surface area contributed by atoms with Gasteiger partial charge in [0.15, 0.2) is 5.96 Å². The number of hydrogen-bond acceptors (Lipinski definition) is 3. The number of likely N-dealkylation sites (tertiary alicyclic amines) is 1. The van der Waals surface area contributed by atoms with Gasteiger partial charge in [-0.3, -0.25) is 4.90 Å². The third kappa shape index (κ3) is 4.74. The summed E-state index contributed by atoms with van der Waals surface area (Å²) in [7, 11) is 0. The molecule has 0 bridgehead atoms. The predicted octanol–water partition coefficient (Wildman–Crippen LogP) is 2.53. The zero-order chi connectivity index (χ0) is 18.2. The van der Waals surface area contributed by atoms with Crippen molar-refractivity contribution in [3.05, 3.63) is 35.6 Å². The molecule has 0 amide bonds. The summed E-state index contributed by atoms with van der Waals surface area (Å²) in [6.07, 6.45) is 4.66. The fourth-order valence-electron chi connectivity index (χ4n) is 3.93. The van der Waals surface area contributed by atoms with Crippen molar-refractivity contribution in [2.75, 3.05) is 39.4 Å². The molecule has 26 heavy (non-hydrogen) atoms. The van der Waals surface area contributed by atoms with Crippen LogP contribution in [0.2, 0.25) is 0 Å². The first-order valence-corrected chi connectivity index (χ1v) is 9.82. The highest BCUT2D eigenvalue weighted by molar-refractivity contribution is 5.79. The summed E-state index contributed by atoms with van der Waals surface area (Å²) in [4.78, 5) is 7.22. The zero-order valence-electron chi connectivity index (χ0n) is 15.8. The normalized spacial score (nSPS) is 20.9. The molecular formula is C20H31FN4O. The van der Waals surface area contributed by atoms with E-state index >= 15 is 0 Å². The van der Waals surface area contributed by atoms with Crippen LogP contribution < -0.4 is 10.6 Å². The molecule has 0 aliphatic carbocycles. The summed E-state index contributed by atoms with van der Waals surface area (Å²) in [5.74, 6) is 0.547. The van der Waals surface area contributed by atoms with Gasteiger partial charge in [-0.15, -0.1) is 0 Å². The van der Waals surface area contributed by atoms with Crippen LogP contribution in [0.3, 0.4) is 0 Å². The molecule has 1 aromatic carbocycles. The van der Waals surface area contributed by atoms with Crippen LogP contribution in [0.1, 0.15) is 38.2 Å². The molecule has 0 atom stereocenters. The Morgan fingerprint density at radius 3 is 2.62 bits per heavy atom. The van der Waals surface area contributed by atoms with Crippen molar-refractivity contribution in [1.29, 1.82) is 0 Å². The lowest BCUT2D eigenvalue weighted by Gasteiger charge is -2.45. The second-order valence-corrected chi connectivity index (χ2v) is 7.17. The van der Waals surface area contributed by atoms with Crippen LogP contribution in [0.15, 0.2) is 29.3 Å². The van der Waals surface area contributed by atoms with Gasteiger partial charge in [0.05, 0.1) is 6.54 Å². The summed E-state index contributed by atoms with van der Waals surface area (Å²) in [5, 5.41) is 6.80. The average Bonchev–Trinajstić information content (AvgIpc) is 3.21. The first-order valence-electron chi connectivity index (χ1n) is 9.82. The molecule has 6 heteroatoms. The van der Waals surface area contributed by atoms with E-state index in [-0.39, 0.29) is 11.4 Å². The maximum absolute atomic E-state index is 13.8. The maximum Gasteiger partial charge on any atom is 0.191 e. The van der Waals surface area contributed by atoms with Crippen LogP contribution in [-0.4, -0.2) is 55.8 Å². The van der Waals surface area contributed by atoms with Crippen molar-refractivity contribution in [1.82, 2.24) is 15.5 Å². The maximum atomic E-state index is 13.8. The third-order valence-electron chi connectivity index (χ3n) is 5.49. The second kappa shape index (κ2) is 9.33. The van der Waals surface area contributed by atoms with E-state index in [1.807, 2.05) is 13.0 Å². The molecular weight excluding hydrogens is 331 g/mol. The Hall–Kier alpha value is -1.66. The van der Waals surface area contributed by atoms with Crippen molar-refractivity contribution in [2.24, 2.45) is 4.99 Å². The summed E-state index contributed by atoms with van der Waals surface area (Å²) in [5.41, 5.74) is 0.758. The van der Waals surface area contributed by atoms with Crippen LogP contribution in [0.4, 0.5) is 4.39 Å². The lowest BCUT2D eigenvalue weighted by Crippen LogP contribution is -2.58. The van der Waals surface area contributed by atoms with Crippen LogP contribution in [0, 0.1) is 5.82 Å². The van der Waals surface area contributed by atoms with Crippen molar-refractivity contribution in [2.45, 2.75) is 44.7 Å². The Morgan fingerprint density at radius 2 is 1.92 bits per heavy atom. The smallest absolute Gasteiger partial charge is 0.191 e. The first-order chi connectivity index (χ1) is 12.7. The van der Waals surface area contributed by atoms with Crippen molar-refractivity contribution < 1.29 is 9.13 Å². The minimum absolute atomic E-state index is 0.142. The minimum atomic E-state index is -0.204. The van der Waals surface area contributed by atoms with E-state index in [0.717, 1.165) is 45.1 Å². The van der Waals surface area contributed by atoms with E-state index < -0.39 is 0 Å². The summed E-state index contributed by atoms with van der Waals surface area (Å²) in [6.45, 7) is 7.99. The highest BCUT2D eigenvalue weighted by Gasteiger charge is 2.39. The molecule has 0 spiro atoms. The molecule has 0 aromatic heterocycles. The van der Waals surface area contributed by atoms with Gasteiger partial charge in [-0.2, -0.15) is 0 Å². The zero-order valence-corrected chi connectivity index (χ0v) is 15.8. The molecule has 2 fully saturated rings. The molecule has 2 saturated heterocycles. The quantitative estimate of drug-likeness (QED) is 0.603. The molecule has 0 radical (unpaired) electrons. The molecule has 2 aliphatic heterocycles. The summed E-state index contributed by atoms with van der Waals surface area (Å²) in [6, 6.07) is 6.82. The van der Waals surface area contributed by atoms with Crippen LogP contribution in [0.25, 0.3) is 0 Å². The van der Waals surface area contributed by atoms with Gasteiger partial charge < -0.3 is 15.4 Å². The molecule has 0 unspecified atom stereocenters. The van der Waals surface area contributed by atoms with E-state index in [1.165, 1.54) is 32.0 Å². The number of guanidine groups is 1. The molecule has 2 N–H and O–H groups in total. The topological polar surface area (TPSA) is 48.9 Å². The largest absolute Gasteiger partial charge is 0.381 e. The number of halogens is 1. The number of rotatable bonds is 6. The van der Waals surface area contributed by atoms with Crippen LogP contribution in [0.5, 0.6) is 0 Å². The first kappa shape index (κ1) is 19.1. The van der Waals surface area contributed by atoms with Crippen molar-refractivity contribution in [3.63, 3.8) is 0 Å². The third-order valence-corrected chi connectivity index (χ3v) is 5.49. The Morgan fingerprint density at radius 1 is 1.19 bits per heavy atom. The molecule has 3 rings (SSSR count). The van der Waals surface area contributed by atoms with Crippen LogP contribution in [-0.2, 0) is 11.3 Å². The van der Waals surface area contributed by atoms with Gasteiger partial charge >= 0.3 is 0 Å². The lowest BCUT2D eigenvalue weighted by molar-refractivity contribution is -0.0164. The predicted molar refractivity (Wildman–Crippen MR) is 103 cm³/mol. The van der Waals surface area contributed by atoms with E-state index in [4.69, 9.17) is 4.74 Å².